The second-order valence-electron chi connectivity index (χ2n) is 7.22. The zero-order chi connectivity index (χ0) is 18.7. The third kappa shape index (κ3) is 4.58. The molecule has 0 aromatic heterocycles. The van der Waals surface area contributed by atoms with E-state index in [1.54, 1.807) is 9.80 Å². The number of hydrogen-bond acceptors (Lipinski definition) is 3. The number of nitrogens with zero attached hydrogens (tertiary/aromatic N) is 2. The summed E-state index contributed by atoms with van der Waals surface area (Å²) in [6, 6.07) is 7.69. The third-order valence-corrected chi connectivity index (χ3v) is 5.17. The summed E-state index contributed by atoms with van der Waals surface area (Å²) in [6.45, 7) is 3.29. The Morgan fingerprint density at radius 2 is 1.88 bits per heavy atom. The van der Waals surface area contributed by atoms with Gasteiger partial charge in [0.05, 0.1) is 12.5 Å². The number of aryl methyl sites for hydroxylation is 1. The molecule has 2 saturated heterocycles. The summed E-state index contributed by atoms with van der Waals surface area (Å²) >= 11 is 0. The average Bonchev–Trinajstić information content (AvgIpc) is 2.99. The van der Waals surface area contributed by atoms with Crippen molar-refractivity contribution in [2.75, 3.05) is 31.1 Å². The van der Waals surface area contributed by atoms with Gasteiger partial charge in [0.2, 0.25) is 11.8 Å². The lowest BCUT2D eigenvalue weighted by Gasteiger charge is -2.32. The predicted octanol–water partition coefficient (Wildman–Crippen LogP) is 2.19. The van der Waals surface area contributed by atoms with Crippen LogP contribution in [0, 0.1) is 12.8 Å². The molecule has 0 radical (unpaired) electrons. The Balaban J connectivity index is 1.50. The van der Waals surface area contributed by atoms with E-state index in [-0.39, 0.29) is 36.7 Å². The average molecular weight is 365 g/mol. The number of halogens is 2. The Bertz CT molecular complexity index is 643. The SMILES string of the molecule is Cc1ccc(N2CC(C(=O)NC3CCN(CC(F)F)CC3)CC2=O)cc1. The molecule has 7 heteroatoms. The van der Waals surface area contributed by atoms with Gasteiger partial charge < -0.3 is 10.2 Å². The van der Waals surface area contributed by atoms with E-state index in [2.05, 4.69) is 5.32 Å². The Kier molecular flexibility index (Phi) is 5.86. The van der Waals surface area contributed by atoms with E-state index in [4.69, 9.17) is 0 Å². The van der Waals surface area contributed by atoms with E-state index in [9.17, 15) is 18.4 Å². The molecule has 1 N–H and O–H groups in total. The second kappa shape index (κ2) is 8.12. The number of carbonyl (C=O) groups excluding carboxylic acids is 2. The molecule has 2 fully saturated rings. The molecular formula is C19H25F2N3O2. The van der Waals surface area contributed by atoms with Crippen LogP contribution in [-0.2, 0) is 9.59 Å². The molecule has 1 unspecified atom stereocenters. The summed E-state index contributed by atoms with van der Waals surface area (Å²) in [5, 5.41) is 3.00. The van der Waals surface area contributed by atoms with Crippen LogP contribution in [0.1, 0.15) is 24.8 Å². The summed E-state index contributed by atoms with van der Waals surface area (Å²) in [5.41, 5.74) is 1.93. The number of nitrogens with one attached hydrogen (secondary N) is 1. The van der Waals surface area contributed by atoms with Gasteiger partial charge in [-0.05, 0) is 31.9 Å². The van der Waals surface area contributed by atoms with Crippen molar-refractivity contribution in [2.45, 2.75) is 38.7 Å². The first-order valence-corrected chi connectivity index (χ1v) is 9.10. The Labute approximate surface area is 152 Å². The van der Waals surface area contributed by atoms with E-state index >= 15 is 0 Å². The number of benzene rings is 1. The number of rotatable bonds is 5. The maximum atomic E-state index is 12.5. The Hall–Kier alpha value is -2.02. The molecule has 2 heterocycles. The summed E-state index contributed by atoms with van der Waals surface area (Å²) in [6.07, 6.45) is -0.774. The number of alkyl halides is 2. The van der Waals surface area contributed by atoms with Gasteiger partial charge in [-0.15, -0.1) is 0 Å². The lowest BCUT2D eigenvalue weighted by atomic mass is 10.0. The van der Waals surface area contributed by atoms with Gasteiger partial charge in [-0.25, -0.2) is 8.78 Å². The van der Waals surface area contributed by atoms with Crippen molar-refractivity contribution in [1.29, 1.82) is 0 Å². The molecule has 1 aromatic carbocycles. The number of carbonyl (C=O) groups is 2. The highest BCUT2D eigenvalue weighted by Gasteiger charge is 2.36. The lowest BCUT2D eigenvalue weighted by Crippen LogP contribution is -2.47. The van der Waals surface area contributed by atoms with Gasteiger partial charge in [-0.2, -0.15) is 0 Å². The molecule has 1 atom stereocenters. The molecule has 26 heavy (non-hydrogen) atoms. The van der Waals surface area contributed by atoms with Gasteiger partial charge in [0.1, 0.15) is 0 Å². The molecule has 0 bridgehead atoms. The minimum Gasteiger partial charge on any atom is -0.353 e. The molecule has 0 aliphatic carbocycles. The van der Waals surface area contributed by atoms with Gasteiger partial charge in [0, 0.05) is 37.8 Å². The van der Waals surface area contributed by atoms with Crippen molar-refractivity contribution in [2.24, 2.45) is 5.92 Å². The van der Waals surface area contributed by atoms with Gasteiger partial charge >= 0.3 is 0 Å². The summed E-state index contributed by atoms with van der Waals surface area (Å²) in [4.78, 5) is 28.2. The lowest BCUT2D eigenvalue weighted by molar-refractivity contribution is -0.127. The minimum atomic E-state index is -2.32. The highest BCUT2D eigenvalue weighted by Crippen LogP contribution is 2.26. The highest BCUT2D eigenvalue weighted by atomic mass is 19.3. The van der Waals surface area contributed by atoms with Gasteiger partial charge in [0.15, 0.2) is 0 Å². The van der Waals surface area contributed by atoms with E-state index in [0.29, 0.717) is 32.5 Å². The van der Waals surface area contributed by atoms with Crippen LogP contribution in [0.15, 0.2) is 24.3 Å². The highest BCUT2D eigenvalue weighted by molar-refractivity contribution is 6.00. The maximum absolute atomic E-state index is 12.5. The van der Waals surface area contributed by atoms with Crippen molar-refractivity contribution in [3.63, 3.8) is 0 Å². The van der Waals surface area contributed by atoms with Crippen LogP contribution in [0.3, 0.4) is 0 Å². The number of amides is 2. The smallest absolute Gasteiger partial charge is 0.251 e. The van der Waals surface area contributed by atoms with Crippen molar-refractivity contribution in [3.05, 3.63) is 29.8 Å². The van der Waals surface area contributed by atoms with Crippen molar-refractivity contribution in [1.82, 2.24) is 10.2 Å². The standard InChI is InChI=1S/C19H25F2N3O2/c1-13-2-4-16(5-3-13)24-11-14(10-18(24)25)19(26)22-15-6-8-23(9-7-15)12-17(20)21/h2-5,14-15,17H,6-12H2,1H3,(H,22,26). The fourth-order valence-electron chi connectivity index (χ4n) is 3.63. The monoisotopic (exact) mass is 365 g/mol. The van der Waals surface area contributed by atoms with Crippen LogP contribution in [0.4, 0.5) is 14.5 Å². The van der Waals surface area contributed by atoms with Gasteiger partial charge in [-0.3, -0.25) is 14.5 Å². The van der Waals surface area contributed by atoms with E-state index in [0.717, 1.165) is 11.3 Å². The summed E-state index contributed by atoms with van der Waals surface area (Å²) < 4.78 is 24.8. The molecule has 2 aliphatic heterocycles. The topological polar surface area (TPSA) is 52.7 Å². The largest absolute Gasteiger partial charge is 0.353 e. The maximum Gasteiger partial charge on any atom is 0.251 e. The predicted molar refractivity (Wildman–Crippen MR) is 95.2 cm³/mol. The number of anilines is 1. The minimum absolute atomic E-state index is 0.0000469. The first kappa shape index (κ1) is 18.8. The van der Waals surface area contributed by atoms with E-state index < -0.39 is 6.43 Å². The Morgan fingerprint density at radius 1 is 1.23 bits per heavy atom. The first-order chi connectivity index (χ1) is 12.4. The quantitative estimate of drug-likeness (QED) is 0.870. The fraction of sp³-hybridized carbons (Fsp3) is 0.579. The van der Waals surface area contributed by atoms with Crippen LogP contribution < -0.4 is 10.2 Å². The van der Waals surface area contributed by atoms with Crippen LogP contribution in [0.2, 0.25) is 0 Å². The van der Waals surface area contributed by atoms with Gasteiger partial charge in [-0.1, -0.05) is 17.7 Å². The zero-order valence-corrected chi connectivity index (χ0v) is 15.0. The molecule has 3 rings (SSSR count). The molecule has 2 amide bonds. The fourth-order valence-corrected chi connectivity index (χ4v) is 3.63. The first-order valence-electron chi connectivity index (χ1n) is 9.10. The second-order valence-corrected chi connectivity index (χ2v) is 7.22. The zero-order valence-electron chi connectivity index (χ0n) is 15.0. The molecule has 1 aromatic rings. The molecule has 0 spiro atoms. The van der Waals surface area contributed by atoms with Gasteiger partial charge in [0.25, 0.3) is 6.43 Å². The Morgan fingerprint density at radius 3 is 2.50 bits per heavy atom. The van der Waals surface area contributed by atoms with Crippen LogP contribution in [0.25, 0.3) is 0 Å². The van der Waals surface area contributed by atoms with E-state index in [1.807, 2.05) is 31.2 Å². The number of likely N-dealkylation sites (tertiary alicyclic amines) is 1. The molecule has 2 aliphatic rings. The van der Waals surface area contributed by atoms with Crippen molar-refractivity contribution >= 4 is 17.5 Å². The normalized spacial score (nSPS) is 22.2. The summed E-state index contributed by atoms with van der Waals surface area (Å²) in [7, 11) is 0. The molecule has 5 nitrogen and oxygen atoms in total. The third-order valence-electron chi connectivity index (χ3n) is 5.17. The number of piperidine rings is 1. The molecule has 0 saturated carbocycles. The summed E-state index contributed by atoms with van der Waals surface area (Å²) in [5.74, 6) is -0.510. The molecular weight excluding hydrogens is 340 g/mol. The van der Waals surface area contributed by atoms with Crippen LogP contribution in [-0.4, -0.2) is 55.4 Å². The van der Waals surface area contributed by atoms with E-state index in [1.165, 1.54) is 0 Å². The van der Waals surface area contributed by atoms with Crippen LogP contribution in [0.5, 0.6) is 0 Å². The van der Waals surface area contributed by atoms with Crippen molar-refractivity contribution in [3.8, 4) is 0 Å². The number of hydrogen-bond donors (Lipinski definition) is 1. The van der Waals surface area contributed by atoms with Crippen LogP contribution >= 0.6 is 0 Å². The molecule has 142 valence electrons. The van der Waals surface area contributed by atoms with Crippen molar-refractivity contribution < 1.29 is 18.4 Å².